The highest BCUT2D eigenvalue weighted by Crippen LogP contribution is 2.23. The number of amides is 3. The molecule has 0 aromatic heterocycles. The number of hydrogen-bond acceptors (Lipinski definition) is 10. The summed E-state index contributed by atoms with van der Waals surface area (Å²) in [5.41, 5.74) is 14.6. The van der Waals surface area contributed by atoms with Crippen LogP contribution in [0.15, 0.2) is 0 Å². The van der Waals surface area contributed by atoms with Gasteiger partial charge in [-0.05, 0) is 107 Å². The molecule has 0 rings (SSSR count). The van der Waals surface area contributed by atoms with Crippen LogP contribution in [0.25, 0.3) is 0 Å². The highest BCUT2D eigenvalue weighted by atomic mass is 16.4. The molecule has 8 atom stereocenters. The van der Waals surface area contributed by atoms with Gasteiger partial charge in [0.2, 0.25) is 11.8 Å². The van der Waals surface area contributed by atoms with E-state index in [1.54, 1.807) is 0 Å². The van der Waals surface area contributed by atoms with Gasteiger partial charge in [0.15, 0.2) is 6.10 Å². The Balaban J connectivity index is 3.90. The molecule has 15 nitrogen and oxygen atoms in total. The molecule has 0 aliphatic heterocycles. The molecule has 0 bridgehead atoms. The number of hydrogen-bond donors (Lipinski definition) is 10. The van der Waals surface area contributed by atoms with E-state index in [4.69, 9.17) is 16.6 Å². The smallest absolute Gasteiger partial charge is 0.251 e. The van der Waals surface area contributed by atoms with Gasteiger partial charge in [0.25, 0.3) is 5.91 Å². The van der Waals surface area contributed by atoms with Crippen LogP contribution in [0.3, 0.4) is 0 Å². The first-order chi connectivity index (χ1) is 30.7. The maximum Gasteiger partial charge on any atom is 0.251 e. The molecule has 4 unspecified atom stereocenters. The Bertz CT molecular complexity index is 1100. The lowest BCUT2D eigenvalue weighted by Crippen LogP contribution is -2.52. The molecule has 0 fully saturated rings. The van der Waals surface area contributed by atoms with Gasteiger partial charge in [0.1, 0.15) is 18.3 Å². The first-order valence-electron chi connectivity index (χ1n) is 25.6. The third-order valence-electron chi connectivity index (χ3n) is 12.7. The quantitative estimate of drug-likeness (QED) is 0.0378. The van der Waals surface area contributed by atoms with E-state index in [0.29, 0.717) is 49.6 Å². The monoisotopic (exact) mass is 914 g/mol. The van der Waals surface area contributed by atoms with Gasteiger partial charge in [-0.25, -0.2) is 0 Å². The van der Waals surface area contributed by atoms with Crippen molar-refractivity contribution < 1.29 is 39.9 Å². The van der Waals surface area contributed by atoms with Crippen LogP contribution in [-0.2, 0) is 14.4 Å². The molecule has 0 aromatic carbocycles. The summed E-state index contributed by atoms with van der Waals surface area (Å²) in [5.74, 6) is 2.15. The number of rotatable bonds is 46. The summed E-state index contributed by atoms with van der Waals surface area (Å²) in [4.78, 5) is 36.7. The molecule has 0 aliphatic rings. The first-order valence-corrected chi connectivity index (χ1v) is 25.6. The molecule has 0 saturated carbocycles. The van der Waals surface area contributed by atoms with Gasteiger partial charge in [-0.1, -0.05) is 111 Å². The molecule has 0 aliphatic carbocycles. The van der Waals surface area contributed by atoms with Crippen LogP contribution in [0.2, 0.25) is 0 Å². The van der Waals surface area contributed by atoms with E-state index in [1.165, 1.54) is 70.6 Å². The Morgan fingerprint density at radius 3 is 1.34 bits per heavy atom. The van der Waals surface area contributed by atoms with E-state index in [1.807, 2.05) is 0 Å². The number of unbranched alkanes of at least 4 members (excludes halogenated alkanes) is 6. The minimum atomic E-state index is -2.00. The largest absolute Gasteiger partial charge is 0.394 e. The van der Waals surface area contributed by atoms with E-state index in [-0.39, 0.29) is 24.9 Å². The van der Waals surface area contributed by atoms with Crippen LogP contribution >= 0.6 is 0 Å². The molecule has 378 valence electrons. The third kappa shape index (κ3) is 36.2. The highest BCUT2D eigenvalue weighted by molar-refractivity contribution is 5.81. The molecule has 2 radical (unpaired) electrons. The van der Waals surface area contributed by atoms with Crippen LogP contribution in [0, 0.1) is 29.6 Å². The number of aliphatic hydroxyl groups excluding tert-OH is 5. The van der Waals surface area contributed by atoms with Crippen molar-refractivity contribution in [2.45, 2.75) is 200 Å². The Hall–Kier alpha value is -1.95. The van der Waals surface area contributed by atoms with E-state index >= 15 is 0 Å². The van der Waals surface area contributed by atoms with E-state index < -0.39 is 36.9 Å². The van der Waals surface area contributed by atoms with Crippen molar-refractivity contribution in [1.29, 1.82) is 0 Å². The van der Waals surface area contributed by atoms with Crippen molar-refractivity contribution >= 4 is 17.7 Å². The summed E-state index contributed by atoms with van der Waals surface area (Å²) in [7, 11) is 0. The second kappa shape index (κ2) is 42.4. The van der Waals surface area contributed by atoms with E-state index in [0.717, 1.165) is 103 Å². The summed E-state index contributed by atoms with van der Waals surface area (Å²) >= 11 is 0. The summed E-state index contributed by atoms with van der Waals surface area (Å²) in [6, 6.07) is 0. The lowest BCUT2D eigenvalue weighted by molar-refractivity contribution is -0.148. The van der Waals surface area contributed by atoms with Crippen LogP contribution in [0.1, 0.15) is 175 Å². The molecule has 0 spiro atoms. The van der Waals surface area contributed by atoms with E-state index in [2.05, 4.69) is 54.3 Å². The van der Waals surface area contributed by atoms with Gasteiger partial charge in [-0.2, -0.15) is 0 Å². The van der Waals surface area contributed by atoms with E-state index in [9.17, 15) is 34.8 Å². The lowest BCUT2D eigenvalue weighted by atomic mass is 9.90. The summed E-state index contributed by atoms with van der Waals surface area (Å²) in [6.45, 7) is 14.3. The first kappa shape index (κ1) is 62.1. The zero-order chi connectivity index (χ0) is 47.8. The predicted octanol–water partition coefficient (Wildman–Crippen LogP) is 4.65. The predicted molar refractivity (Wildman–Crippen MR) is 258 cm³/mol. The number of carbonyl (C=O) groups excluding carboxylic acids is 3. The Kier molecular flexibility index (Phi) is 41.1. The van der Waals surface area contributed by atoms with Crippen LogP contribution in [0.4, 0.5) is 0 Å². The summed E-state index contributed by atoms with van der Waals surface area (Å²) in [6.07, 6.45) is 17.2. The second-order valence-corrected chi connectivity index (χ2v) is 19.2. The fraction of sp³-hybridized carbons (Fsp3) is 0.939. The molecule has 64 heavy (non-hydrogen) atoms. The van der Waals surface area contributed by atoms with Gasteiger partial charge in [0, 0.05) is 45.6 Å². The lowest BCUT2D eigenvalue weighted by Gasteiger charge is -2.24. The summed E-state index contributed by atoms with van der Waals surface area (Å²) in [5, 5.41) is 62.9. The number of aliphatic hydroxyl groups is 5. The second-order valence-electron chi connectivity index (χ2n) is 19.2. The van der Waals surface area contributed by atoms with Crippen molar-refractivity contribution in [1.82, 2.24) is 38.1 Å². The van der Waals surface area contributed by atoms with Gasteiger partial charge in [-0.3, -0.25) is 25.9 Å². The minimum Gasteiger partial charge on any atom is -0.394 e. The maximum atomic E-state index is 12.5. The molecule has 0 saturated heterocycles. The van der Waals surface area contributed by atoms with Gasteiger partial charge >= 0.3 is 0 Å². The molecular weight excluding hydrogens is 815 g/mol. The summed E-state index contributed by atoms with van der Waals surface area (Å²) < 4.78 is 0. The zero-order valence-electron chi connectivity index (χ0n) is 41.0. The molecule has 3 amide bonds. The van der Waals surface area contributed by atoms with Gasteiger partial charge in [-0.15, -0.1) is 0 Å². The standard InChI is InChI=1S/C49H99N7O8/c1-38(17-8-9-18-39(2)20-16-22-41(4)25-27-45(60)55-33-34-56-49(64)48(63)47(62)46(61)43(58)37-57)19-15-21-40(3)24-26-44(59)54-32-12-6-5-7-23-42(35-52-30-13-10-28-50)36-53-31-14-11-29-51/h38-43,46-48,50-53,57-58,61-63H,5-37H2,1-4H3,(H,54,59)(H,55,60)(H,56,64)/t38?,39?,40?,41?,43-,46-,47+,48-/m1/s1. The average molecular weight is 914 g/mol. The third-order valence-corrected chi connectivity index (χ3v) is 12.7. The van der Waals surface area contributed by atoms with Crippen molar-refractivity contribution in [3.63, 3.8) is 0 Å². The number of carbonyl (C=O) groups is 3. The minimum absolute atomic E-state index is 0.0222. The Morgan fingerprint density at radius 2 is 0.859 bits per heavy atom. The fourth-order valence-corrected chi connectivity index (χ4v) is 8.07. The molecule has 0 aromatic rings. The SMILES string of the molecule is CC(CCCCC(C)CCCC(C)CCC(=O)NCCNC(=O)[C@H](O)[C@@H](O)[C@H](O)[C@H](O)CO)CCCC(C)CCC(=O)NCCCCCCC(CNCCCC[NH])CNCCCC[NH]. The fourth-order valence-electron chi connectivity index (χ4n) is 8.07. The van der Waals surface area contributed by atoms with Crippen molar-refractivity contribution in [3.8, 4) is 0 Å². The molecule has 15 heteroatoms. The van der Waals surface area contributed by atoms with Crippen molar-refractivity contribution in [2.75, 3.05) is 65.5 Å². The topological polar surface area (TPSA) is 260 Å². The Morgan fingerprint density at radius 1 is 0.453 bits per heavy atom. The maximum absolute atomic E-state index is 12.5. The van der Waals surface area contributed by atoms with Gasteiger partial charge in [0.05, 0.1) is 6.61 Å². The van der Waals surface area contributed by atoms with Crippen molar-refractivity contribution in [3.05, 3.63) is 0 Å². The Labute approximate surface area is 389 Å². The highest BCUT2D eigenvalue weighted by Gasteiger charge is 2.34. The zero-order valence-corrected chi connectivity index (χ0v) is 41.0. The average Bonchev–Trinajstić information content (AvgIpc) is 3.28. The van der Waals surface area contributed by atoms with Crippen LogP contribution in [-0.4, -0.2) is 133 Å². The van der Waals surface area contributed by atoms with Crippen LogP contribution < -0.4 is 38.1 Å². The number of nitrogens with one attached hydrogen (secondary N) is 7. The molecule has 12 N–H and O–H groups in total. The molecular formula is C49H99N7O8. The van der Waals surface area contributed by atoms with Gasteiger partial charge < -0.3 is 52.1 Å². The normalized spacial score (nSPS) is 15.6. The molecule has 0 heterocycles. The van der Waals surface area contributed by atoms with Crippen molar-refractivity contribution in [2.24, 2.45) is 29.6 Å². The van der Waals surface area contributed by atoms with Crippen LogP contribution in [0.5, 0.6) is 0 Å².